The van der Waals surface area contributed by atoms with Gasteiger partial charge in [0.05, 0.1) is 0 Å². The van der Waals surface area contributed by atoms with Crippen LogP contribution in [0.2, 0.25) is 0 Å². The van der Waals surface area contributed by atoms with E-state index in [1.165, 1.54) is 16.8 Å². The van der Waals surface area contributed by atoms with Crippen LogP contribution in [-0.4, -0.2) is 27.1 Å². The van der Waals surface area contributed by atoms with E-state index in [0.717, 1.165) is 19.0 Å². The minimum Gasteiger partial charge on any atom is -0.378 e. The predicted molar refractivity (Wildman–Crippen MR) is 110 cm³/mol. The van der Waals surface area contributed by atoms with Gasteiger partial charge in [0.15, 0.2) is 5.96 Å². The maximum Gasteiger partial charge on any atom is 0.191 e. The Morgan fingerprint density at radius 3 is 2.13 bits per heavy atom. The lowest BCUT2D eigenvalue weighted by molar-refractivity contribution is 0.809. The van der Waals surface area contributed by atoms with Crippen molar-refractivity contribution in [3.05, 3.63) is 65.7 Å². The Balaban J connectivity index is 0.00000264. The highest BCUT2D eigenvalue weighted by atomic mass is 127. The molecule has 0 atom stereocenters. The fourth-order valence-corrected chi connectivity index (χ4v) is 2.13. The first-order valence-corrected chi connectivity index (χ1v) is 7.44. The van der Waals surface area contributed by atoms with Gasteiger partial charge in [0.2, 0.25) is 0 Å². The summed E-state index contributed by atoms with van der Waals surface area (Å²) in [6.07, 6.45) is 0. The van der Waals surface area contributed by atoms with E-state index in [0.29, 0.717) is 0 Å². The van der Waals surface area contributed by atoms with Crippen LogP contribution in [0.5, 0.6) is 0 Å². The number of rotatable bonds is 5. The summed E-state index contributed by atoms with van der Waals surface area (Å²) in [5.74, 6) is 0.805. The van der Waals surface area contributed by atoms with Crippen LogP contribution in [0.25, 0.3) is 0 Å². The van der Waals surface area contributed by atoms with Crippen molar-refractivity contribution in [3.8, 4) is 0 Å². The lowest BCUT2D eigenvalue weighted by Gasteiger charge is -2.15. The molecule has 5 heteroatoms. The molecule has 0 saturated heterocycles. The zero-order chi connectivity index (χ0) is 15.8. The Bertz CT molecular complexity index is 611. The first-order chi connectivity index (χ1) is 10.7. The summed E-state index contributed by atoms with van der Waals surface area (Å²) in [6.45, 7) is 1.51. The Kier molecular flexibility index (Phi) is 8.47. The van der Waals surface area contributed by atoms with Crippen molar-refractivity contribution in [1.82, 2.24) is 10.6 Å². The second kappa shape index (κ2) is 10.1. The Morgan fingerprint density at radius 1 is 0.913 bits per heavy atom. The lowest BCUT2D eigenvalue weighted by Crippen LogP contribution is -2.36. The van der Waals surface area contributed by atoms with Gasteiger partial charge in [0.1, 0.15) is 0 Å². The van der Waals surface area contributed by atoms with Gasteiger partial charge in [-0.1, -0.05) is 42.5 Å². The SMILES string of the molecule is CN=C(NCc1ccccc1)NCc1cccc(N(C)C)c1.I. The number of anilines is 1. The van der Waals surface area contributed by atoms with Gasteiger partial charge in [0, 0.05) is 39.9 Å². The fraction of sp³-hybridized carbons (Fsp3) is 0.278. The quantitative estimate of drug-likeness (QED) is 0.440. The van der Waals surface area contributed by atoms with Gasteiger partial charge in [-0.25, -0.2) is 0 Å². The topological polar surface area (TPSA) is 39.7 Å². The number of halogens is 1. The van der Waals surface area contributed by atoms with E-state index in [1.54, 1.807) is 7.05 Å². The first-order valence-electron chi connectivity index (χ1n) is 7.44. The molecule has 2 rings (SSSR count). The summed E-state index contributed by atoms with van der Waals surface area (Å²) < 4.78 is 0. The van der Waals surface area contributed by atoms with Crippen LogP contribution in [0, 0.1) is 0 Å². The van der Waals surface area contributed by atoms with Gasteiger partial charge >= 0.3 is 0 Å². The summed E-state index contributed by atoms with van der Waals surface area (Å²) in [7, 11) is 5.89. The number of nitrogens with zero attached hydrogens (tertiary/aromatic N) is 2. The summed E-state index contributed by atoms with van der Waals surface area (Å²) in [4.78, 5) is 6.36. The van der Waals surface area contributed by atoms with Crippen molar-refractivity contribution in [2.24, 2.45) is 4.99 Å². The second-order valence-corrected chi connectivity index (χ2v) is 5.33. The zero-order valence-electron chi connectivity index (χ0n) is 13.9. The highest BCUT2D eigenvalue weighted by Gasteiger charge is 2.01. The molecule has 2 aromatic rings. The summed E-state index contributed by atoms with van der Waals surface area (Å²) in [5, 5.41) is 6.66. The minimum absolute atomic E-state index is 0. The third-order valence-electron chi connectivity index (χ3n) is 3.41. The van der Waals surface area contributed by atoms with Gasteiger partial charge in [-0.2, -0.15) is 0 Å². The lowest BCUT2D eigenvalue weighted by atomic mass is 10.2. The summed E-state index contributed by atoms with van der Waals surface area (Å²) >= 11 is 0. The summed E-state index contributed by atoms with van der Waals surface area (Å²) in [6, 6.07) is 18.8. The first kappa shape index (κ1) is 19.3. The van der Waals surface area contributed by atoms with Crippen LogP contribution < -0.4 is 15.5 Å². The van der Waals surface area contributed by atoms with Gasteiger partial charge < -0.3 is 15.5 Å². The van der Waals surface area contributed by atoms with E-state index in [4.69, 9.17) is 0 Å². The van der Waals surface area contributed by atoms with E-state index in [2.05, 4.69) is 56.9 Å². The van der Waals surface area contributed by atoms with Crippen molar-refractivity contribution < 1.29 is 0 Å². The average Bonchev–Trinajstić information content (AvgIpc) is 2.56. The molecular formula is C18H25IN4. The fourth-order valence-electron chi connectivity index (χ4n) is 2.13. The van der Waals surface area contributed by atoms with Crippen LogP contribution in [0.4, 0.5) is 5.69 Å². The molecule has 0 amide bonds. The van der Waals surface area contributed by atoms with Gasteiger partial charge in [-0.3, -0.25) is 4.99 Å². The highest BCUT2D eigenvalue weighted by molar-refractivity contribution is 14.0. The third-order valence-corrected chi connectivity index (χ3v) is 3.41. The molecule has 2 N–H and O–H groups in total. The molecule has 0 unspecified atom stereocenters. The minimum atomic E-state index is 0. The normalized spacial score (nSPS) is 10.7. The summed E-state index contributed by atoms with van der Waals surface area (Å²) in [5.41, 5.74) is 3.67. The van der Waals surface area contributed by atoms with Crippen molar-refractivity contribution in [3.63, 3.8) is 0 Å². The molecule has 2 aromatic carbocycles. The molecule has 0 fully saturated rings. The molecule has 0 radical (unpaired) electrons. The maximum atomic E-state index is 4.26. The average molecular weight is 424 g/mol. The van der Waals surface area contributed by atoms with Crippen molar-refractivity contribution in [2.45, 2.75) is 13.1 Å². The monoisotopic (exact) mass is 424 g/mol. The smallest absolute Gasteiger partial charge is 0.191 e. The predicted octanol–water partition coefficient (Wildman–Crippen LogP) is 3.24. The van der Waals surface area contributed by atoms with Crippen LogP contribution in [-0.2, 0) is 13.1 Å². The molecular weight excluding hydrogens is 399 g/mol. The Hall–Kier alpha value is -1.76. The highest BCUT2D eigenvalue weighted by Crippen LogP contribution is 2.13. The number of hydrogen-bond acceptors (Lipinski definition) is 2. The van der Waals surface area contributed by atoms with Crippen LogP contribution >= 0.6 is 24.0 Å². The van der Waals surface area contributed by atoms with Crippen molar-refractivity contribution in [2.75, 3.05) is 26.0 Å². The second-order valence-electron chi connectivity index (χ2n) is 5.33. The molecule has 0 bridgehead atoms. The van der Waals surface area contributed by atoms with Crippen molar-refractivity contribution in [1.29, 1.82) is 0 Å². The van der Waals surface area contributed by atoms with E-state index in [-0.39, 0.29) is 24.0 Å². The number of guanidine groups is 1. The standard InChI is InChI=1S/C18H24N4.HI/c1-19-18(20-13-15-8-5-4-6-9-15)21-14-16-10-7-11-17(12-16)22(2)3;/h4-12H,13-14H2,1-3H3,(H2,19,20,21);1H. The molecule has 0 aliphatic heterocycles. The molecule has 0 aliphatic rings. The number of hydrogen-bond donors (Lipinski definition) is 2. The number of aliphatic imine (C=N–C) groups is 1. The van der Waals surface area contributed by atoms with E-state index >= 15 is 0 Å². The Labute approximate surface area is 156 Å². The van der Waals surface area contributed by atoms with Gasteiger partial charge in [0.25, 0.3) is 0 Å². The third kappa shape index (κ3) is 6.48. The maximum absolute atomic E-state index is 4.26. The van der Waals surface area contributed by atoms with Crippen LogP contribution in [0.15, 0.2) is 59.6 Å². The Morgan fingerprint density at radius 2 is 1.52 bits per heavy atom. The largest absolute Gasteiger partial charge is 0.378 e. The molecule has 124 valence electrons. The molecule has 0 spiro atoms. The van der Waals surface area contributed by atoms with Crippen molar-refractivity contribution >= 4 is 35.6 Å². The molecule has 4 nitrogen and oxygen atoms in total. The molecule has 0 heterocycles. The van der Waals surface area contributed by atoms with Crippen LogP contribution in [0.1, 0.15) is 11.1 Å². The van der Waals surface area contributed by atoms with E-state index in [1.807, 2.05) is 32.3 Å². The van der Waals surface area contributed by atoms with E-state index in [9.17, 15) is 0 Å². The van der Waals surface area contributed by atoms with Crippen LogP contribution in [0.3, 0.4) is 0 Å². The molecule has 0 aliphatic carbocycles. The molecule has 0 saturated carbocycles. The van der Waals surface area contributed by atoms with E-state index < -0.39 is 0 Å². The number of nitrogens with one attached hydrogen (secondary N) is 2. The number of benzene rings is 2. The zero-order valence-corrected chi connectivity index (χ0v) is 16.2. The van der Waals surface area contributed by atoms with Gasteiger partial charge in [-0.05, 0) is 23.3 Å². The van der Waals surface area contributed by atoms with Gasteiger partial charge in [-0.15, -0.1) is 24.0 Å². The molecule has 0 aromatic heterocycles. The molecule has 23 heavy (non-hydrogen) atoms.